The van der Waals surface area contributed by atoms with E-state index in [4.69, 9.17) is 5.11 Å². The number of aliphatic carboxylic acids is 1. The standard InChI is InChI=1S/C13H18FNO3/c1-9(15(2)8-7-12(16)17)13(18)10-3-5-11(14)6-4-10/h3-6,9,13,18H,7-8H2,1-2H3,(H,16,17). The highest BCUT2D eigenvalue weighted by Crippen LogP contribution is 2.20. The van der Waals surface area contributed by atoms with Gasteiger partial charge < -0.3 is 15.1 Å². The first-order valence-electron chi connectivity index (χ1n) is 5.77. The molecule has 2 atom stereocenters. The summed E-state index contributed by atoms with van der Waals surface area (Å²) in [5, 5.41) is 18.7. The van der Waals surface area contributed by atoms with Crippen molar-refractivity contribution in [3.8, 4) is 0 Å². The third kappa shape index (κ3) is 4.09. The van der Waals surface area contributed by atoms with Crippen molar-refractivity contribution in [2.75, 3.05) is 13.6 Å². The second-order valence-corrected chi connectivity index (χ2v) is 4.36. The van der Waals surface area contributed by atoms with Gasteiger partial charge in [0.25, 0.3) is 0 Å². The van der Waals surface area contributed by atoms with E-state index in [0.29, 0.717) is 12.1 Å². The second kappa shape index (κ2) is 6.47. The number of aliphatic hydroxyl groups excluding tert-OH is 1. The van der Waals surface area contributed by atoms with Crippen LogP contribution in [0.3, 0.4) is 0 Å². The fourth-order valence-corrected chi connectivity index (χ4v) is 1.66. The molecule has 0 aliphatic carbocycles. The molecule has 1 rings (SSSR count). The number of halogens is 1. The van der Waals surface area contributed by atoms with Crippen molar-refractivity contribution in [2.45, 2.75) is 25.5 Å². The van der Waals surface area contributed by atoms with Crippen LogP contribution in [0.2, 0.25) is 0 Å². The summed E-state index contributed by atoms with van der Waals surface area (Å²) in [4.78, 5) is 12.2. The van der Waals surface area contributed by atoms with Gasteiger partial charge >= 0.3 is 5.97 Å². The minimum absolute atomic E-state index is 0.0248. The van der Waals surface area contributed by atoms with Crippen LogP contribution >= 0.6 is 0 Å². The molecule has 0 saturated carbocycles. The first-order chi connectivity index (χ1) is 8.41. The largest absolute Gasteiger partial charge is 0.481 e. The fraction of sp³-hybridized carbons (Fsp3) is 0.462. The molecule has 2 N–H and O–H groups in total. The van der Waals surface area contributed by atoms with Gasteiger partial charge in [0, 0.05) is 12.6 Å². The predicted molar refractivity (Wildman–Crippen MR) is 65.7 cm³/mol. The van der Waals surface area contributed by atoms with Crippen molar-refractivity contribution in [3.63, 3.8) is 0 Å². The predicted octanol–water partition coefficient (Wildman–Crippen LogP) is 1.65. The molecule has 2 unspecified atom stereocenters. The highest BCUT2D eigenvalue weighted by Gasteiger charge is 2.20. The Morgan fingerprint density at radius 3 is 2.44 bits per heavy atom. The molecule has 18 heavy (non-hydrogen) atoms. The molecule has 0 fully saturated rings. The summed E-state index contributed by atoms with van der Waals surface area (Å²) >= 11 is 0. The van der Waals surface area contributed by atoms with Crippen molar-refractivity contribution in [3.05, 3.63) is 35.6 Å². The summed E-state index contributed by atoms with van der Waals surface area (Å²) in [7, 11) is 1.75. The van der Waals surface area contributed by atoms with Gasteiger partial charge in [-0.1, -0.05) is 12.1 Å². The SMILES string of the molecule is CC(C(O)c1ccc(F)cc1)N(C)CCC(=O)O. The monoisotopic (exact) mass is 255 g/mol. The van der Waals surface area contributed by atoms with E-state index in [9.17, 15) is 14.3 Å². The van der Waals surface area contributed by atoms with Gasteiger partial charge in [-0.15, -0.1) is 0 Å². The van der Waals surface area contributed by atoms with E-state index in [1.54, 1.807) is 18.9 Å². The second-order valence-electron chi connectivity index (χ2n) is 4.36. The smallest absolute Gasteiger partial charge is 0.304 e. The van der Waals surface area contributed by atoms with Gasteiger partial charge in [-0.2, -0.15) is 0 Å². The van der Waals surface area contributed by atoms with Crippen LogP contribution in [-0.2, 0) is 4.79 Å². The number of aliphatic hydroxyl groups is 1. The maximum atomic E-state index is 12.8. The molecule has 0 aliphatic rings. The van der Waals surface area contributed by atoms with E-state index in [1.807, 2.05) is 0 Å². The van der Waals surface area contributed by atoms with E-state index in [2.05, 4.69) is 0 Å². The third-order valence-corrected chi connectivity index (χ3v) is 3.04. The van der Waals surface area contributed by atoms with E-state index < -0.39 is 12.1 Å². The minimum Gasteiger partial charge on any atom is -0.481 e. The highest BCUT2D eigenvalue weighted by atomic mass is 19.1. The number of benzene rings is 1. The first kappa shape index (κ1) is 14.6. The topological polar surface area (TPSA) is 60.8 Å². The van der Waals surface area contributed by atoms with Gasteiger partial charge in [0.2, 0.25) is 0 Å². The molecule has 4 nitrogen and oxygen atoms in total. The number of carbonyl (C=O) groups is 1. The zero-order valence-corrected chi connectivity index (χ0v) is 10.5. The molecule has 1 aromatic carbocycles. The van der Waals surface area contributed by atoms with Crippen molar-refractivity contribution >= 4 is 5.97 Å². The lowest BCUT2D eigenvalue weighted by molar-refractivity contribution is -0.137. The van der Waals surface area contributed by atoms with Crippen LogP contribution in [0.15, 0.2) is 24.3 Å². The van der Waals surface area contributed by atoms with Gasteiger partial charge in [0.15, 0.2) is 0 Å². The van der Waals surface area contributed by atoms with Crippen molar-refractivity contribution in [2.24, 2.45) is 0 Å². The lowest BCUT2D eigenvalue weighted by Gasteiger charge is -2.28. The zero-order chi connectivity index (χ0) is 13.7. The Balaban J connectivity index is 2.62. The molecule has 0 aromatic heterocycles. The average molecular weight is 255 g/mol. The van der Waals surface area contributed by atoms with Gasteiger partial charge in [0.1, 0.15) is 5.82 Å². The Morgan fingerprint density at radius 2 is 1.94 bits per heavy atom. The van der Waals surface area contributed by atoms with Crippen molar-refractivity contribution < 1.29 is 19.4 Å². The molecule has 5 heteroatoms. The van der Waals surface area contributed by atoms with Crippen LogP contribution in [0.4, 0.5) is 4.39 Å². The van der Waals surface area contributed by atoms with E-state index in [0.717, 1.165) is 0 Å². The van der Waals surface area contributed by atoms with E-state index in [-0.39, 0.29) is 18.3 Å². The Bertz CT molecular complexity index is 394. The Kier molecular flexibility index (Phi) is 5.25. The summed E-state index contributed by atoms with van der Waals surface area (Å²) in [6.07, 6.45) is -0.749. The molecule has 0 radical (unpaired) electrons. The summed E-state index contributed by atoms with van der Waals surface area (Å²) in [5.74, 6) is -1.22. The lowest BCUT2D eigenvalue weighted by atomic mass is 10.0. The maximum Gasteiger partial charge on any atom is 0.304 e. The number of carboxylic acids is 1. The van der Waals surface area contributed by atoms with Crippen LogP contribution in [0.5, 0.6) is 0 Å². The van der Waals surface area contributed by atoms with E-state index >= 15 is 0 Å². The normalized spacial score (nSPS) is 14.5. The van der Waals surface area contributed by atoms with Crippen LogP contribution < -0.4 is 0 Å². The van der Waals surface area contributed by atoms with Crippen molar-refractivity contribution in [1.29, 1.82) is 0 Å². The quantitative estimate of drug-likeness (QED) is 0.811. The lowest BCUT2D eigenvalue weighted by Crippen LogP contribution is -2.35. The maximum absolute atomic E-state index is 12.8. The number of hydrogen-bond acceptors (Lipinski definition) is 3. The number of hydrogen-bond donors (Lipinski definition) is 2. The molecule has 0 bridgehead atoms. The molecule has 1 aromatic rings. The summed E-state index contributed by atoms with van der Waals surface area (Å²) in [6.45, 7) is 2.16. The molecule has 0 amide bonds. The molecule has 0 spiro atoms. The first-order valence-corrected chi connectivity index (χ1v) is 5.77. The third-order valence-electron chi connectivity index (χ3n) is 3.04. The highest BCUT2D eigenvalue weighted by molar-refractivity contribution is 5.66. The Labute approximate surface area is 106 Å². The number of carboxylic acid groups (broad SMARTS) is 1. The molecule has 0 heterocycles. The molecular weight excluding hydrogens is 237 g/mol. The minimum atomic E-state index is -0.870. The zero-order valence-electron chi connectivity index (χ0n) is 10.5. The molecule has 0 saturated heterocycles. The Hall–Kier alpha value is -1.46. The number of likely N-dealkylation sites (N-methyl/N-ethyl adjacent to an activating group) is 1. The fourth-order valence-electron chi connectivity index (χ4n) is 1.66. The summed E-state index contributed by atoms with van der Waals surface area (Å²) < 4.78 is 12.8. The number of rotatable bonds is 6. The van der Waals surface area contributed by atoms with E-state index in [1.165, 1.54) is 24.3 Å². The summed E-state index contributed by atoms with van der Waals surface area (Å²) in [5.41, 5.74) is 0.617. The van der Waals surface area contributed by atoms with Crippen LogP contribution in [0.25, 0.3) is 0 Å². The van der Waals surface area contributed by atoms with Gasteiger partial charge in [-0.3, -0.25) is 4.79 Å². The van der Waals surface area contributed by atoms with Crippen LogP contribution in [0, 0.1) is 5.82 Å². The van der Waals surface area contributed by atoms with Crippen LogP contribution in [-0.4, -0.2) is 40.7 Å². The molecule has 100 valence electrons. The van der Waals surface area contributed by atoms with Crippen LogP contribution in [0.1, 0.15) is 25.0 Å². The average Bonchev–Trinajstić information content (AvgIpc) is 2.35. The summed E-state index contributed by atoms with van der Waals surface area (Å²) in [6, 6.07) is 5.41. The van der Waals surface area contributed by atoms with Gasteiger partial charge in [0.05, 0.1) is 12.5 Å². The van der Waals surface area contributed by atoms with Gasteiger partial charge in [-0.25, -0.2) is 4.39 Å². The molecule has 0 aliphatic heterocycles. The molecular formula is C13H18FNO3. The number of nitrogens with zero attached hydrogens (tertiary/aromatic N) is 1. The van der Waals surface area contributed by atoms with Crippen molar-refractivity contribution in [1.82, 2.24) is 4.90 Å². The van der Waals surface area contributed by atoms with Gasteiger partial charge in [-0.05, 0) is 31.7 Å². The Morgan fingerprint density at radius 1 is 1.39 bits per heavy atom.